The third-order valence-electron chi connectivity index (χ3n) is 5.89. The van der Waals surface area contributed by atoms with Crippen LogP contribution in [0.25, 0.3) is 0 Å². The molecule has 11 heteroatoms. The smallest absolute Gasteiger partial charge is 0.250 e. The van der Waals surface area contributed by atoms with E-state index in [1.54, 1.807) is 19.1 Å². The van der Waals surface area contributed by atoms with Gasteiger partial charge in [-0.15, -0.1) is 0 Å². The number of halogens is 2. The number of nitrogens with zero attached hydrogens (tertiary/aromatic N) is 2. The number of rotatable bonds is 6. The largest absolute Gasteiger partial charge is 0.541 e. The van der Waals surface area contributed by atoms with Crippen molar-refractivity contribution in [3.63, 3.8) is 0 Å². The molecule has 0 aliphatic heterocycles. The topological polar surface area (TPSA) is 75.9 Å². The maximum absolute atomic E-state index is 14.4. The summed E-state index contributed by atoms with van der Waals surface area (Å²) < 4.78 is 48.7. The van der Waals surface area contributed by atoms with Crippen LogP contribution in [0.15, 0.2) is 35.2 Å². The van der Waals surface area contributed by atoms with Crippen molar-refractivity contribution in [2.75, 3.05) is 19.0 Å². The second kappa shape index (κ2) is 9.50. The molecule has 182 valence electrons. The van der Waals surface area contributed by atoms with Gasteiger partial charge in [0.05, 0.1) is 16.4 Å². The number of hydrogen-bond acceptors (Lipinski definition) is 4. The van der Waals surface area contributed by atoms with E-state index >= 15 is 0 Å². The number of anilines is 2. The molecule has 0 saturated carbocycles. The molecule has 0 fully saturated rings. The molecular formula is C22H31ClFN3O3S2Si. The summed E-state index contributed by atoms with van der Waals surface area (Å²) in [6.07, 6.45) is 0. The molecule has 0 radical (unpaired) electrons. The van der Waals surface area contributed by atoms with Crippen molar-refractivity contribution in [1.82, 2.24) is 4.31 Å². The van der Waals surface area contributed by atoms with E-state index < -0.39 is 24.2 Å². The average Bonchev–Trinajstić information content (AvgIpc) is 2.65. The van der Waals surface area contributed by atoms with Crippen LogP contribution in [0.4, 0.5) is 15.8 Å². The summed E-state index contributed by atoms with van der Waals surface area (Å²) in [4.78, 5) is 1.23. The highest BCUT2D eigenvalue weighted by Gasteiger charge is 2.42. The van der Waals surface area contributed by atoms with Gasteiger partial charge in [0.1, 0.15) is 16.5 Å². The Labute approximate surface area is 207 Å². The molecular weight excluding hydrogens is 501 g/mol. The first-order valence-electron chi connectivity index (χ1n) is 10.2. The van der Waals surface area contributed by atoms with Crippen molar-refractivity contribution in [3.05, 3.63) is 46.7 Å². The van der Waals surface area contributed by atoms with Gasteiger partial charge in [0.15, 0.2) is 5.11 Å². The maximum atomic E-state index is 14.4. The first kappa shape index (κ1) is 27.5. The van der Waals surface area contributed by atoms with Gasteiger partial charge in [-0.1, -0.05) is 38.4 Å². The van der Waals surface area contributed by atoms with Crippen LogP contribution in [0, 0.1) is 12.7 Å². The van der Waals surface area contributed by atoms with E-state index in [1.165, 1.54) is 37.2 Å². The lowest BCUT2D eigenvalue weighted by atomic mass is 10.1. The lowest BCUT2D eigenvalue weighted by Gasteiger charge is -2.39. The minimum atomic E-state index is -4.02. The zero-order valence-electron chi connectivity index (χ0n) is 20.2. The summed E-state index contributed by atoms with van der Waals surface area (Å²) in [6.45, 7) is 11.7. The van der Waals surface area contributed by atoms with Crippen LogP contribution in [-0.2, 0) is 10.0 Å². The van der Waals surface area contributed by atoms with Crippen molar-refractivity contribution in [1.29, 1.82) is 0 Å². The lowest BCUT2D eigenvalue weighted by molar-refractivity contribution is 0.473. The Bertz CT molecular complexity index is 1180. The molecule has 2 N–H and O–H groups in total. The molecule has 2 aromatic rings. The Morgan fingerprint density at radius 1 is 1.15 bits per heavy atom. The monoisotopic (exact) mass is 531 g/mol. The third-order valence-corrected chi connectivity index (χ3v) is 12.7. The Balaban J connectivity index is 3.01. The zero-order valence-corrected chi connectivity index (χ0v) is 23.5. The molecule has 0 atom stereocenters. The fourth-order valence-electron chi connectivity index (χ4n) is 2.84. The Kier molecular flexibility index (Phi) is 7.92. The molecule has 2 aromatic carbocycles. The summed E-state index contributed by atoms with van der Waals surface area (Å²) in [6, 6.07) is 7.55. The summed E-state index contributed by atoms with van der Waals surface area (Å²) >= 11 is 11.8. The van der Waals surface area contributed by atoms with E-state index in [0.29, 0.717) is 11.3 Å². The van der Waals surface area contributed by atoms with Crippen LogP contribution in [-0.4, -0.2) is 40.2 Å². The van der Waals surface area contributed by atoms with Crippen molar-refractivity contribution < 1.29 is 17.2 Å². The van der Waals surface area contributed by atoms with Gasteiger partial charge < -0.3 is 10.2 Å². The van der Waals surface area contributed by atoms with E-state index in [4.69, 9.17) is 34.0 Å². The first-order valence-corrected chi connectivity index (χ1v) is 15.4. The summed E-state index contributed by atoms with van der Waals surface area (Å²) in [5.74, 6) is -0.407. The number of nitrogens with two attached hydrogens (primary N) is 1. The van der Waals surface area contributed by atoms with Crippen LogP contribution in [0.1, 0.15) is 26.3 Å². The Morgan fingerprint density at radius 3 is 2.21 bits per heavy atom. The highest BCUT2D eigenvalue weighted by Crippen LogP contribution is 2.47. The van der Waals surface area contributed by atoms with Gasteiger partial charge in [0, 0.05) is 19.7 Å². The SMILES string of the molecule is Cc1c(F)cccc1N(C(N)=S)c1ccc(Cl)c(S(=O)(=O)N(C)C)c1O[Si](C)(C)C(C)(C)C. The van der Waals surface area contributed by atoms with E-state index in [-0.39, 0.29) is 31.5 Å². The van der Waals surface area contributed by atoms with Crippen molar-refractivity contribution in [3.8, 4) is 5.75 Å². The van der Waals surface area contributed by atoms with Crippen LogP contribution >= 0.6 is 23.8 Å². The molecule has 2 rings (SSSR count). The molecule has 0 bridgehead atoms. The fraction of sp³-hybridized carbons (Fsp3) is 0.409. The van der Waals surface area contributed by atoms with E-state index in [1.807, 2.05) is 33.9 Å². The lowest BCUT2D eigenvalue weighted by Crippen LogP contribution is -2.45. The normalized spacial score (nSPS) is 12.7. The molecule has 33 heavy (non-hydrogen) atoms. The summed E-state index contributed by atoms with van der Waals surface area (Å²) in [5, 5.41) is -0.353. The van der Waals surface area contributed by atoms with Gasteiger partial charge in [-0.05, 0) is 61.5 Å². The zero-order chi connectivity index (χ0) is 25.5. The first-order chi connectivity index (χ1) is 14.9. The predicted molar refractivity (Wildman–Crippen MR) is 140 cm³/mol. The molecule has 0 heterocycles. The minimum absolute atomic E-state index is 0.0000122. The van der Waals surface area contributed by atoms with Crippen molar-refractivity contribution >= 4 is 58.6 Å². The number of thiocarbonyl (C=S) groups is 1. The summed E-state index contributed by atoms with van der Waals surface area (Å²) in [7, 11) is -3.78. The minimum Gasteiger partial charge on any atom is -0.541 e. The third kappa shape index (κ3) is 5.35. The van der Waals surface area contributed by atoms with Gasteiger partial charge in [0.25, 0.3) is 8.32 Å². The molecule has 0 aromatic heterocycles. The standard InChI is InChI=1S/C22H31ClFN3O3S2Si/c1-14-16(24)10-9-11-17(14)27(21(25)31)18-13-12-15(23)20(32(28,29)26(5)6)19(18)30-33(7,8)22(2,3)4/h9-13H,1-8H3,(H2,25,31). The van der Waals surface area contributed by atoms with Crippen molar-refractivity contribution in [2.24, 2.45) is 5.73 Å². The van der Waals surface area contributed by atoms with Gasteiger partial charge in [-0.3, -0.25) is 4.90 Å². The van der Waals surface area contributed by atoms with E-state index in [9.17, 15) is 12.8 Å². The maximum Gasteiger partial charge on any atom is 0.250 e. The van der Waals surface area contributed by atoms with Crippen molar-refractivity contribution in [2.45, 2.75) is 50.7 Å². The van der Waals surface area contributed by atoms with E-state index in [0.717, 1.165) is 4.31 Å². The predicted octanol–water partition coefficient (Wildman–Crippen LogP) is 5.80. The van der Waals surface area contributed by atoms with Crippen LogP contribution in [0.5, 0.6) is 5.75 Å². The van der Waals surface area contributed by atoms with Crippen LogP contribution in [0.2, 0.25) is 23.2 Å². The Hall–Kier alpha value is -1.72. The Morgan fingerprint density at radius 2 is 1.73 bits per heavy atom. The quantitative estimate of drug-likeness (QED) is 0.375. The highest BCUT2D eigenvalue weighted by atomic mass is 35.5. The number of benzene rings is 2. The van der Waals surface area contributed by atoms with Gasteiger partial charge in [-0.2, -0.15) is 0 Å². The average molecular weight is 532 g/mol. The molecule has 0 aliphatic rings. The molecule has 0 unspecified atom stereocenters. The molecule has 6 nitrogen and oxygen atoms in total. The van der Waals surface area contributed by atoms with Crippen LogP contribution < -0.4 is 15.1 Å². The molecule has 0 saturated heterocycles. The van der Waals surface area contributed by atoms with Gasteiger partial charge in [0.2, 0.25) is 10.0 Å². The summed E-state index contributed by atoms with van der Waals surface area (Å²) in [5.41, 5.74) is 7.04. The van der Waals surface area contributed by atoms with E-state index in [2.05, 4.69) is 0 Å². The molecule has 0 amide bonds. The fourth-order valence-corrected chi connectivity index (χ4v) is 5.63. The van der Waals surface area contributed by atoms with Crippen LogP contribution in [0.3, 0.4) is 0 Å². The second-order valence-electron chi connectivity index (χ2n) is 9.43. The molecule has 0 aliphatic carbocycles. The van der Waals surface area contributed by atoms with Gasteiger partial charge in [-0.25, -0.2) is 17.1 Å². The van der Waals surface area contributed by atoms with Gasteiger partial charge >= 0.3 is 0 Å². The number of sulfonamides is 1. The highest BCUT2D eigenvalue weighted by molar-refractivity contribution is 7.89. The number of hydrogen-bond donors (Lipinski definition) is 1. The molecule has 0 spiro atoms. The second-order valence-corrected chi connectivity index (χ2v) is 17.1.